The predicted molar refractivity (Wildman–Crippen MR) is 96.7 cm³/mol. The third-order valence-electron chi connectivity index (χ3n) is 3.91. The van der Waals surface area contributed by atoms with Gasteiger partial charge in [-0.3, -0.25) is 4.79 Å². The van der Waals surface area contributed by atoms with E-state index < -0.39 is 15.9 Å². The number of sulfonamides is 1. The van der Waals surface area contributed by atoms with E-state index in [1.54, 1.807) is 30.3 Å². The first kappa shape index (κ1) is 17.0. The zero-order valence-corrected chi connectivity index (χ0v) is 15.3. The highest BCUT2D eigenvalue weighted by Gasteiger charge is 2.20. The van der Waals surface area contributed by atoms with Crippen molar-refractivity contribution in [3.63, 3.8) is 0 Å². The normalized spacial score (nSPS) is 14.6. The van der Waals surface area contributed by atoms with E-state index in [2.05, 4.69) is 25.6 Å². The van der Waals surface area contributed by atoms with E-state index in [9.17, 15) is 13.2 Å². The fraction of sp³-hybridized carbons (Fsp3) is 0.235. The minimum absolute atomic E-state index is 0.0425. The highest BCUT2D eigenvalue weighted by Crippen LogP contribution is 2.22. The molecule has 24 heavy (non-hydrogen) atoms. The van der Waals surface area contributed by atoms with Crippen LogP contribution in [0.2, 0.25) is 0 Å². The van der Waals surface area contributed by atoms with Gasteiger partial charge in [-0.25, -0.2) is 13.1 Å². The van der Waals surface area contributed by atoms with Crippen LogP contribution in [0, 0.1) is 0 Å². The largest absolute Gasteiger partial charge is 0.372 e. The average Bonchev–Trinajstić information content (AvgIpc) is 3.09. The van der Waals surface area contributed by atoms with Crippen molar-refractivity contribution in [1.29, 1.82) is 0 Å². The molecule has 1 amide bonds. The van der Waals surface area contributed by atoms with Crippen molar-refractivity contribution in [1.82, 2.24) is 4.72 Å². The van der Waals surface area contributed by atoms with Gasteiger partial charge in [0.25, 0.3) is 15.9 Å². The van der Waals surface area contributed by atoms with E-state index in [4.69, 9.17) is 0 Å². The van der Waals surface area contributed by atoms with Crippen molar-refractivity contribution in [2.75, 3.05) is 18.0 Å². The number of anilines is 1. The molecule has 0 saturated carbocycles. The van der Waals surface area contributed by atoms with Gasteiger partial charge < -0.3 is 4.90 Å². The first-order valence-electron chi connectivity index (χ1n) is 7.63. The third-order valence-corrected chi connectivity index (χ3v) is 5.73. The molecule has 1 N–H and O–H groups in total. The predicted octanol–water partition coefficient (Wildman–Crippen LogP) is 3.17. The monoisotopic (exact) mass is 408 g/mol. The Morgan fingerprint density at radius 1 is 1.04 bits per heavy atom. The van der Waals surface area contributed by atoms with Crippen LogP contribution in [0.25, 0.3) is 0 Å². The summed E-state index contributed by atoms with van der Waals surface area (Å²) in [5, 5.41) is 0. The summed E-state index contributed by atoms with van der Waals surface area (Å²) < 4.78 is 27.5. The standard InChI is InChI=1S/C17H17BrN2O3S/c18-14-6-4-8-16(12-14)24(22,23)19-17(21)13-5-3-7-15(11-13)20-9-1-2-10-20/h3-8,11-12H,1-2,9-10H2,(H,19,21). The number of carbonyl (C=O) groups is 1. The van der Waals surface area contributed by atoms with Crippen LogP contribution in [0.4, 0.5) is 5.69 Å². The average molecular weight is 409 g/mol. The second-order valence-electron chi connectivity index (χ2n) is 5.64. The minimum atomic E-state index is -3.91. The van der Waals surface area contributed by atoms with Gasteiger partial charge in [-0.05, 0) is 49.2 Å². The molecule has 2 aromatic carbocycles. The summed E-state index contributed by atoms with van der Waals surface area (Å²) in [6.45, 7) is 1.92. The third kappa shape index (κ3) is 3.79. The van der Waals surface area contributed by atoms with Gasteiger partial charge in [0, 0.05) is 28.8 Å². The highest BCUT2D eigenvalue weighted by molar-refractivity contribution is 9.10. The van der Waals surface area contributed by atoms with Crippen molar-refractivity contribution < 1.29 is 13.2 Å². The number of benzene rings is 2. The molecule has 5 nitrogen and oxygen atoms in total. The molecular weight excluding hydrogens is 392 g/mol. The molecule has 0 unspecified atom stereocenters. The molecule has 0 bridgehead atoms. The Bertz CT molecular complexity index is 862. The molecular formula is C17H17BrN2O3S. The number of rotatable bonds is 4. The van der Waals surface area contributed by atoms with Gasteiger partial charge in [0.2, 0.25) is 0 Å². The van der Waals surface area contributed by atoms with Crippen LogP contribution in [-0.2, 0) is 10.0 Å². The van der Waals surface area contributed by atoms with Crippen molar-refractivity contribution in [2.45, 2.75) is 17.7 Å². The molecule has 1 saturated heterocycles. The van der Waals surface area contributed by atoms with Crippen molar-refractivity contribution in [2.24, 2.45) is 0 Å². The lowest BCUT2D eigenvalue weighted by Crippen LogP contribution is -2.30. The van der Waals surface area contributed by atoms with Crippen molar-refractivity contribution >= 4 is 37.5 Å². The molecule has 1 aliphatic heterocycles. The maximum absolute atomic E-state index is 12.4. The molecule has 126 valence electrons. The van der Waals surface area contributed by atoms with E-state index in [1.165, 1.54) is 12.1 Å². The molecule has 2 aromatic rings. The Balaban J connectivity index is 1.80. The van der Waals surface area contributed by atoms with E-state index >= 15 is 0 Å². The molecule has 0 aromatic heterocycles. The summed E-state index contributed by atoms with van der Waals surface area (Å²) in [6.07, 6.45) is 2.27. The van der Waals surface area contributed by atoms with Gasteiger partial charge in [-0.1, -0.05) is 28.1 Å². The van der Waals surface area contributed by atoms with Crippen LogP contribution in [-0.4, -0.2) is 27.4 Å². The van der Waals surface area contributed by atoms with Crippen LogP contribution in [0.1, 0.15) is 23.2 Å². The Morgan fingerprint density at radius 3 is 2.46 bits per heavy atom. The maximum Gasteiger partial charge on any atom is 0.265 e. The Kier molecular flexibility index (Phi) is 4.91. The van der Waals surface area contributed by atoms with Gasteiger partial charge in [0.15, 0.2) is 0 Å². The molecule has 7 heteroatoms. The molecule has 1 aliphatic rings. The number of halogens is 1. The summed E-state index contributed by atoms with van der Waals surface area (Å²) in [7, 11) is -3.91. The number of hydrogen-bond donors (Lipinski definition) is 1. The SMILES string of the molecule is O=C(NS(=O)(=O)c1cccc(Br)c1)c1cccc(N2CCCC2)c1. The number of nitrogens with zero attached hydrogens (tertiary/aromatic N) is 1. The summed E-state index contributed by atoms with van der Waals surface area (Å²) in [5.74, 6) is -0.629. The first-order chi connectivity index (χ1) is 11.5. The van der Waals surface area contributed by atoms with Crippen LogP contribution < -0.4 is 9.62 Å². The van der Waals surface area contributed by atoms with E-state index in [0.717, 1.165) is 31.6 Å². The summed E-state index contributed by atoms with van der Waals surface area (Å²) >= 11 is 3.23. The smallest absolute Gasteiger partial charge is 0.265 e. The topological polar surface area (TPSA) is 66.5 Å². The molecule has 0 spiro atoms. The van der Waals surface area contributed by atoms with Crippen LogP contribution in [0.15, 0.2) is 57.9 Å². The lowest BCUT2D eigenvalue weighted by atomic mass is 10.2. The maximum atomic E-state index is 12.4. The van der Waals surface area contributed by atoms with Gasteiger partial charge >= 0.3 is 0 Å². The van der Waals surface area contributed by atoms with Crippen LogP contribution in [0.3, 0.4) is 0 Å². The summed E-state index contributed by atoms with van der Waals surface area (Å²) in [4.78, 5) is 14.6. The zero-order chi connectivity index (χ0) is 17.2. The summed E-state index contributed by atoms with van der Waals surface area (Å²) in [6, 6.07) is 13.3. The Hall–Kier alpha value is -1.86. The number of carbonyl (C=O) groups excluding carboxylic acids is 1. The summed E-state index contributed by atoms with van der Waals surface area (Å²) in [5.41, 5.74) is 1.28. The zero-order valence-electron chi connectivity index (χ0n) is 12.9. The van der Waals surface area contributed by atoms with Crippen LogP contribution >= 0.6 is 15.9 Å². The van der Waals surface area contributed by atoms with E-state index in [1.807, 2.05) is 6.07 Å². The molecule has 1 heterocycles. The number of nitrogens with one attached hydrogen (secondary N) is 1. The fourth-order valence-electron chi connectivity index (χ4n) is 2.69. The van der Waals surface area contributed by atoms with Gasteiger partial charge in [0.1, 0.15) is 0 Å². The quantitative estimate of drug-likeness (QED) is 0.843. The Morgan fingerprint density at radius 2 is 1.75 bits per heavy atom. The second-order valence-corrected chi connectivity index (χ2v) is 8.23. The molecule has 0 radical (unpaired) electrons. The van der Waals surface area contributed by atoms with Gasteiger partial charge in [0.05, 0.1) is 4.90 Å². The van der Waals surface area contributed by atoms with Crippen molar-refractivity contribution in [3.8, 4) is 0 Å². The van der Waals surface area contributed by atoms with Gasteiger partial charge in [-0.15, -0.1) is 0 Å². The second kappa shape index (κ2) is 6.94. The number of hydrogen-bond acceptors (Lipinski definition) is 4. The highest BCUT2D eigenvalue weighted by atomic mass is 79.9. The van der Waals surface area contributed by atoms with Gasteiger partial charge in [-0.2, -0.15) is 0 Å². The van der Waals surface area contributed by atoms with Crippen molar-refractivity contribution in [3.05, 3.63) is 58.6 Å². The van der Waals surface area contributed by atoms with Crippen LogP contribution in [0.5, 0.6) is 0 Å². The van der Waals surface area contributed by atoms with E-state index in [0.29, 0.717) is 10.0 Å². The molecule has 0 atom stereocenters. The lowest BCUT2D eigenvalue weighted by Gasteiger charge is -2.18. The molecule has 3 rings (SSSR count). The number of amides is 1. The minimum Gasteiger partial charge on any atom is -0.372 e. The Labute approximate surface area is 149 Å². The molecule has 1 fully saturated rings. The lowest BCUT2D eigenvalue weighted by molar-refractivity contribution is 0.0981. The fourth-order valence-corrected chi connectivity index (χ4v) is 4.26. The molecule has 0 aliphatic carbocycles. The van der Waals surface area contributed by atoms with E-state index in [-0.39, 0.29) is 4.90 Å². The first-order valence-corrected chi connectivity index (χ1v) is 9.91.